The second-order valence-corrected chi connectivity index (χ2v) is 9.27. The zero-order valence-corrected chi connectivity index (χ0v) is 20.7. The van der Waals surface area contributed by atoms with Crippen molar-refractivity contribution in [1.82, 2.24) is 5.32 Å². The quantitative estimate of drug-likeness (QED) is 0.197. The summed E-state index contributed by atoms with van der Waals surface area (Å²) in [6.07, 6.45) is 1.62. The zero-order chi connectivity index (χ0) is 22.8. The summed E-state index contributed by atoms with van der Waals surface area (Å²) in [6.45, 7) is 0.287. The van der Waals surface area contributed by atoms with Gasteiger partial charge in [0.2, 0.25) is 0 Å². The molecule has 0 unspecified atom stereocenters. The summed E-state index contributed by atoms with van der Waals surface area (Å²) in [5, 5.41) is 4.14. The van der Waals surface area contributed by atoms with Crippen LogP contribution in [0.2, 0.25) is 15.1 Å². The average molecular weight is 600 g/mol. The first kappa shape index (κ1) is 22.9. The highest BCUT2D eigenvalue weighted by molar-refractivity contribution is 14.1. The number of ether oxygens (including phenoxy) is 1. The van der Waals surface area contributed by atoms with Crippen LogP contribution in [0.3, 0.4) is 0 Å². The summed E-state index contributed by atoms with van der Waals surface area (Å²) in [5.41, 5.74) is 2.14. The SMILES string of the molecule is O=C1N/C(=C/c2ccc(OCc3ccc(Cl)cc3Cl)c(I)c2)C(=O)N1c1cccc(Cl)c1. The molecule has 3 aromatic carbocycles. The Morgan fingerprint density at radius 3 is 2.47 bits per heavy atom. The first-order valence-corrected chi connectivity index (χ1v) is 11.5. The lowest BCUT2D eigenvalue weighted by molar-refractivity contribution is -0.113. The third-order valence-electron chi connectivity index (χ3n) is 4.61. The normalized spacial score (nSPS) is 14.8. The lowest BCUT2D eigenvalue weighted by Crippen LogP contribution is -2.30. The first-order chi connectivity index (χ1) is 15.3. The van der Waals surface area contributed by atoms with Crippen LogP contribution in [0.1, 0.15) is 11.1 Å². The maximum Gasteiger partial charge on any atom is 0.333 e. The summed E-state index contributed by atoms with van der Waals surface area (Å²) in [4.78, 5) is 26.2. The molecule has 1 N–H and O–H groups in total. The molecule has 3 amide bonds. The smallest absolute Gasteiger partial charge is 0.333 e. The molecular weight excluding hydrogens is 586 g/mol. The van der Waals surface area contributed by atoms with Gasteiger partial charge in [0.1, 0.15) is 18.1 Å². The van der Waals surface area contributed by atoms with Crippen molar-refractivity contribution in [3.8, 4) is 5.75 Å². The van der Waals surface area contributed by atoms with Crippen LogP contribution in [0.4, 0.5) is 10.5 Å². The van der Waals surface area contributed by atoms with Crippen LogP contribution in [0, 0.1) is 3.57 Å². The average Bonchev–Trinajstić information content (AvgIpc) is 3.01. The van der Waals surface area contributed by atoms with Crippen molar-refractivity contribution < 1.29 is 14.3 Å². The Hall–Kier alpha value is -2.26. The van der Waals surface area contributed by atoms with Crippen LogP contribution < -0.4 is 15.0 Å². The predicted octanol–water partition coefficient (Wildman–Crippen LogP) is 6.93. The Morgan fingerprint density at radius 2 is 1.75 bits per heavy atom. The number of anilines is 1. The van der Waals surface area contributed by atoms with E-state index in [2.05, 4.69) is 27.9 Å². The number of amides is 3. The molecule has 0 radical (unpaired) electrons. The highest BCUT2D eigenvalue weighted by Crippen LogP contribution is 2.28. The number of nitrogens with one attached hydrogen (secondary N) is 1. The van der Waals surface area contributed by atoms with Gasteiger partial charge in [-0.15, -0.1) is 0 Å². The topological polar surface area (TPSA) is 58.6 Å². The van der Waals surface area contributed by atoms with E-state index in [-0.39, 0.29) is 12.3 Å². The number of halogens is 4. The molecule has 1 fully saturated rings. The third-order valence-corrected chi connectivity index (χ3v) is 6.27. The number of urea groups is 1. The van der Waals surface area contributed by atoms with E-state index in [1.54, 1.807) is 54.6 Å². The van der Waals surface area contributed by atoms with Gasteiger partial charge in [0, 0.05) is 20.6 Å². The minimum Gasteiger partial charge on any atom is -0.488 e. The fourth-order valence-electron chi connectivity index (χ4n) is 3.07. The number of hydrogen-bond donors (Lipinski definition) is 1. The molecule has 5 nitrogen and oxygen atoms in total. The number of hydrogen-bond acceptors (Lipinski definition) is 3. The molecule has 0 saturated carbocycles. The highest BCUT2D eigenvalue weighted by atomic mass is 127. The molecule has 3 aromatic rings. The van der Waals surface area contributed by atoms with E-state index in [9.17, 15) is 9.59 Å². The molecule has 9 heteroatoms. The van der Waals surface area contributed by atoms with E-state index in [0.29, 0.717) is 26.5 Å². The lowest BCUT2D eigenvalue weighted by atomic mass is 10.1. The van der Waals surface area contributed by atoms with E-state index < -0.39 is 11.9 Å². The fraction of sp³-hybridized carbons (Fsp3) is 0.0435. The second-order valence-electron chi connectivity index (χ2n) is 6.82. The number of nitrogens with zero attached hydrogens (tertiary/aromatic N) is 1. The summed E-state index contributed by atoms with van der Waals surface area (Å²) < 4.78 is 6.72. The Bertz CT molecular complexity index is 1260. The molecule has 162 valence electrons. The van der Waals surface area contributed by atoms with Crippen LogP contribution in [-0.2, 0) is 11.4 Å². The fourth-order valence-corrected chi connectivity index (χ4v) is 4.41. The van der Waals surface area contributed by atoms with E-state index in [4.69, 9.17) is 39.5 Å². The van der Waals surface area contributed by atoms with E-state index >= 15 is 0 Å². The van der Waals surface area contributed by atoms with Gasteiger partial charge in [-0.25, -0.2) is 9.69 Å². The standard InChI is InChI=1S/C23H14Cl3IN2O3/c24-15-2-1-3-17(10-15)29-22(30)20(28-23(29)31)9-13-4-7-21(19(27)8-13)32-12-14-5-6-16(25)11-18(14)26/h1-11H,12H2,(H,28,31)/b20-9+. The zero-order valence-electron chi connectivity index (χ0n) is 16.2. The maximum absolute atomic E-state index is 12.8. The van der Waals surface area contributed by atoms with E-state index in [1.807, 2.05) is 12.1 Å². The van der Waals surface area contributed by atoms with E-state index in [1.165, 1.54) is 0 Å². The molecule has 0 atom stereocenters. The van der Waals surface area contributed by atoms with Crippen molar-refractivity contribution in [2.75, 3.05) is 4.90 Å². The number of carbonyl (C=O) groups is 2. The van der Waals surface area contributed by atoms with E-state index in [0.717, 1.165) is 19.6 Å². The molecule has 4 rings (SSSR count). The van der Waals surface area contributed by atoms with Gasteiger partial charge in [-0.1, -0.05) is 53.0 Å². The molecule has 32 heavy (non-hydrogen) atoms. The second kappa shape index (κ2) is 9.70. The Balaban J connectivity index is 1.50. The number of rotatable bonds is 5. The van der Waals surface area contributed by atoms with Crippen molar-refractivity contribution in [3.05, 3.63) is 96.1 Å². The Labute approximate surface area is 213 Å². The monoisotopic (exact) mass is 598 g/mol. The molecule has 0 bridgehead atoms. The summed E-state index contributed by atoms with van der Waals surface area (Å²) in [6, 6.07) is 16.7. The van der Waals surface area contributed by atoms with Crippen molar-refractivity contribution in [1.29, 1.82) is 0 Å². The molecular formula is C23H14Cl3IN2O3. The third kappa shape index (κ3) is 5.04. The first-order valence-electron chi connectivity index (χ1n) is 9.31. The summed E-state index contributed by atoms with van der Waals surface area (Å²) in [7, 11) is 0. The molecule has 0 spiro atoms. The van der Waals surface area contributed by atoms with Gasteiger partial charge in [0.25, 0.3) is 5.91 Å². The van der Waals surface area contributed by atoms with Gasteiger partial charge in [0.05, 0.1) is 9.26 Å². The minimum atomic E-state index is -0.530. The maximum atomic E-state index is 12.8. The van der Waals surface area contributed by atoms with Crippen molar-refractivity contribution in [2.24, 2.45) is 0 Å². The van der Waals surface area contributed by atoms with Gasteiger partial charge in [-0.05, 0) is 76.7 Å². The highest BCUT2D eigenvalue weighted by Gasteiger charge is 2.34. The van der Waals surface area contributed by atoms with Crippen molar-refractivity contribution in [2.45, 2.75) is 6.61 Å². The van der Waals surface area contributed by atoms with Crippen LogP contribution >= 0.6 is 57.4 Å². The number of imide groups is 1. The van der Waals surface area contributed by atoms with Crippen molar-refractivity contribution >= 4 is 81.1 Å². The van der Waals surface area contributed by atoms with Crippen molar-refractivity contribution in [3.63, 3.8) is 0 Å². The Kier molecular flexibility index (Phi) is 6.95. The molecule has 1 aliphatic heterocycles. The summed E-state index contributed by atoms with van der Waals surface area (Å²) in [5.74, 6) is 0.214. The Morgan fingerprint density at radius 1 is 0.969 bits per heavy atom. The van der Waals surface area contributed by atoms with Crippen LogP contribution in [0.5, 0.6) is 5.75 Å². The molecule has 1 saturated heterocycles. The van der Waals surface area contributed by atoms with Gasteiger partial charge in [-0.3, -0.25) is 4.79 Å². The van der Waals surface area contributed by atoms with Gasteiger partial charge < -0.3 is 10.1 Å². The molecule has 1 aliphatic rings. The van der Waals surface area contributed by atoms with Crippen LogP contribution in [-0.4, -0.2) is 11.9 Å². The summed E-state index contributed by atoms with van der Waals surface area (Å²) >= 11 is 20.3. The number of benzene rings is 3. The number of carbonyl (C=O) groups excluding carboxylic acids is 2. The van der Waals surface area contributed by atoms with Gasteiger partial charge in [-0.2, -0.15) is 0 Å². The lowest BCUT2D eigenvalue weighted by Gasteiger charge is -2.11. The molecule has 0 aliphatic carbocycles. The largest absolute Gasteiger partial charge is 0.488 e. The molecule has 1 heterocycles. The van der Waals surface area contributed by atoms with Gasteiger partial charge >= 0.3 is 6.03 Å². The predicted molar refractivity (Wildman–Crippen MR) is 135 cm³/mol. The van der Waals surface area contributed by atoms with Crippen LogP contribution in [0.15, 0.2) is 66.4 Å². The minimum absolute atomic E-state index is 0.174. The van der Waals surface area contributed by atoms with Gasteiger partial charge in [0.15, 0.2) is 0 Å². The van der Waals surface area contributed by atoms with Crippen LogP contribution in [0.25, 0.3) is 6.08 Å². The molecule has 0 aromatic heterocycles.